The van der Waals surface area contributed by atoms with Gasteiger partial charge in [0.25, 0.3) is 0 Å². The zero-order valence-electron chi connectivity index (χ0n) is 24.0. The maximum absolute atomic E-state index is 12.3. The highest BCUT2D eigenvalue weighted by Crippen LogP contribution is 2.37. The van der Waals surface area contributed by atoms with Gasteiger partial charge in [-0.15, -0.1) is 0 Å². The van der Waals surface area contributed by atoms with E-state index in [4.69, 9.17) is 19.4 Å². The number of piperazine rings is 1. The lowest BCUT2D eigenvalue weighted by molar-refractivity contribution is 0.0725. The number of hydrogen-bond acceptors (Lipinski definition) is 9. The molecule has 0 spiro atoms. The third kappa shape index (κ3) is 7.13. The number of rotatable bonds is 9. The van der Waals surface area contributed by atoms with Crippen LogP contribution in [0.3, 0.4) is 0 Å². The number of carbonyl (C=O) groups excluding carboxylic acids is 1. The number of hydrogen-bond donors (Lipinski definition) is 0. The maximum atomic E-state index is 12.3. The maximum Gasteiger partial charge on any atom is 0.344 e. The Bertz CT molecular complexity index is 1280. The van der Waals surface area contributed by atoms with Crippen molar-refractivity contribution in [2.45, 2.75) is 58.3 Å². The fourth-order valence-electron chi connectivity index (χ4n) is 4.91. The highest BCUT2D eigenvalue weighted by Gasteiger charge is 2.28. The number of esters is 1. The molecule has 1 saturated carbocycles. The largest absolute Gasteiger partial charge is 0.463 e. The second-order valence-corrected chi connectivity index (χ2v) is 12.0. The van der Waals surface area contributed by atoms with Gasteiger partial charge in [-0.25, -0.2) is 19.7 Å². The number of aromatic nitrogens is 4. The summed E-state index contributed by atoms with van der Waals surface area (Å²) in [5, 5.41) is 0. The van der Waals surface area contributed by atoms with Crippen LogP contribution >= 0.6 is 0 Å². The Morgan fingerprint density at radius 3 is 2.45 bits per heavy atom. The molecule has 0 amide bonds. The SMILES string of the molecule is CC(COc1nccc(OC(=O)c2ccccc2)n1)CN1CCN(c2cc(C3CCC3)nc(C(C)(C)C)n2)CC1. The van der Waals surface area contributed by atoms with Crippen LogP contribution in [0.2, 0.25) is 0 Å². The molecule has 1 aromatic carbocycles. The van der Waals surface area contributed by atoms with Crippen molar-refractivity contribution in [1.82, 2.24) is 24.8 Å². The predicted octanol–water partition coefficient (Wildman–Crippen LogP) is 4.89. The fourth-order valence-corrected chi connectivity index (χ4v) is 4.91. The molecule has 0 radical (unpaired) electrons. The van der Waals surface area contributed by atoms with Crippen LogP contribution in [-0.4, -0.2) is 70.1 Å². The van der Waals surface area contributed by atoms with E-state index in [1.54, 1.807) is 30.3 Å². The Morgan fingerprint density at radius 2 is 1.77 bits per heavy atom. The molecular formula is C31H40N6O3. The summed E-state index contributed by atoms with van der Waals surface area (Å²) >= 11 is 0. The molecule has 1 saturated heterocycles. The van der Waals surface area contributed by atoms with E-state index in [1.807, 2.05) is 6.07 Å². The van der Waals surface area contributed by atoms with Gasteiger partial charge >= 0.3 is 12.0 Å². The lowest BCUT2D eigenvalue weighted by Gasteiger charge is -2.37. The zero-order chi connectivity index (χ0) is 28.1. The molecule has 2 fully saturated rings. The summed E-state index contributed by atoms with van der Waals surface area (Å²) < 4.78 is 11.2. The molecule has 9 heteroatoms. The van der Waals surface area contributed by atoms with Crippen molar-refractivity contribution < 1.29 is 14.3 Å². The number of anilines is 1. The lowest BCUT2D eigenvalue weighted by atomic mass is 9.82. The van der Waals surface area contributed by atoms with Gasteiger partial charge < -0.3 is 14.4 Å². The molecule has 40 heavy (non-hydrogen) atoms. The molecule has 3 aromatic rings. The Hall–Kier alpha value is -3.59. The standard InChI is InChI=1S/C31H40N6O3/c1-22(21-39-30-32-14-13-27(35-30)40-28(38)24-9-6-5-7-10-24)20-36-15-17-37(18-16-36)26-19-25(23-11-8-12-23)33-29(34-26)31(2,3)4/h5-7,9-10,13-14,19,22-23H,8,11-12,15-18,20-21H2,1-4H3. The molecule has 3 heterocycles. The van der Waals surface area contributed by atoms with Crippen molar-refractivity contribution in [3.05, 3.63) is 65.7 Å². The molecule has 5 rings (SSSR count). The van der Waals surface area contributed by atoms with E-state index in [0.717, 1.165) is 44.4 Å². The van der Waals surface area contributed by atoms with Crippen LogP contribution in [0.5, 0.6) is 11.9 Å². The molecule has 0 bridgehead atoms. The first-order valence-corrected chi connectivity index (χ1v) is 14.3. The zero-order valence-corrected chi connectivity index (χ0v) is 24.0. The fraction of sp³-hybridized carbons (Fsp3) is 0.516. The monoisotopic (exact) mass is 544 g/mol. The topological polar surface area (TPSA) is 93.6 Å². The van der Waals surface area contributed by atoms with E-state index in [9.17, 15) is 4.79 Å². The molecule has 1 atom stereocenters. The lowest BCUT2D eigenvalue weighted by Crippen LogP contribution is -2.48. The van der Waals surface area contributed by atoms with Crippen molar-refractivity contribution in [3.63, 3.8) is 0 Å². The summed E-state index contributed by atoms with van der Waals surface area (Å²) in [6.45, 7) is 14.0. The van der Waals surface area contributed by atoms with Gasteiger partial charge in [0, 0.05) is 74.0 Å². The van der Waals surface area contributed by atoms with Crippen LogP contribution in [0.4, 0.5) is 5.82 Å². The van der Waals surface area contributed by atoms with Gasteiger partial charge in [-0.1, -0.05) is 52.3 Å². The first kappa shape index (κ1) is 28.0. The Labute approximate surface area is 237 Å². The normalized spacial score (nSPS) is 17.2. The van der Waals surface area contributed by atoms with Gasteiger partial charge in [-0.05, 0) is 25.0 Å². The van der Waals surface area contributed by atoms with Crippen molar-refractivity contribution in [2.75, 3.05) is 44.2 Å². The molecule has 1 unspecified atom stereocenters. The van der Waals surface area contributed by atoms with Crippen LogP contribution in [-0.2, 0) is 5.41 Å². The van der Waals surface area contributed by atoms with E-state index >= 15 is 0 Å². The summed E-state index contributed by atoms with van der Waals surface area (Å²) in [5.41, 5.74) is 1.61. The summed E-state index contributed by atoms with van der Waals surface area (Å²) in [6.07, 6.45) is 5.31. The third-order valence-corrected chi connectivity index (χ3v) is 7.50. The van der Waals surface area contributed by atoms with Gasteiger partial charge in [0.15, 0.2) is 0 Å². The minimum absolute atomic E-state index is 0.0709. The van der Waals surface area contributed by atoms with Gasteiger partial charge in [-0.2, -0.15) is 4.98 Å². The second-order valence-electron chi connectivity index (χ2n) is 12.0. The van der Waals surface area contributed by atoms with E-state index < -0.39 is 5.97 Å². The first-order chi connectivity index (χ1) is 19.2. The Balaban J connectivity index is 1.11. The average molecular weight is 545 g/mol. The van der Waals surface area contributed by atoms with E-state index in [-0.39, 0.29) is 23.2 Å². The number of nitrogens with zero attached hydrogens (tertiary/aromatic N) is 6. The number of ether oxygens (including phenoxy) is 2. The Kier molecular flexibility index (Phi) is 8.59. The molecule has 0 N–H and O–H groups in total. The van der Waals surface area contributed by atoms with Gasteiger partial charge in [0.1, 0.15) is 11.6 Å². The van der Waals surface area contributed by atoms with Crippen molar-refractivity contribution in [1.29, 1.82) is 0 Å². The first-order valence-electron chi connectivity index (χ1n) is 14.3. The second kappa shape index (κ2) is 12.3. The summed E-state index contributed by atoms with van der Waals surface area (Å²) in [4.78, 5) is 35.6. The van der Waals surface area contributed by atoms with Crippen LogP contribution in [0, 0.1) is 5.92 Å². The highest BCUT2D eigenvalue weighted by atomic mass is 16.5. The smallest absolute Gasteiger partial charge is 0.344 e. The van der Waals surface area contributed by atoms with Crippen LogP contribution in [0.25, 0.3) is 0 Å². The highest BCUT2D eigenvalue weighted by molar-refractivity contribution is 5.90. The minimum atomic E-state index is -0.464. The van der Waals surface area contributed by atoms with Crippen LogP contribution in [0.15, 0.2) is 48.7 Å². The molecule has 2 aromatic heterocycles. The minimum Gasteiger partial charge on any atom is -0.463 e. The van der Waals surface area contributed by atoms with Gasteiger partial charge in [-0.3, -0.25) is 4.90 Å². The van der Waals surface area contributed by atoms with E-state index in [0.29, 0.717) is 18.1 Å². The summed E-state index contributed by atoms with van der Waals surface area (Å²) in [5.74, 6) is 2.59. The van der Waals surface area contributed by atoms with Crippen LogP contribution < -0.4 is 14.4 Å². The Morgan fingerprint density at radius 1 is 1.02 bits per heavy atom. The van der Waals surface area contributed by atoms with Crippen molar-refractivity contribution >= 4 is 11.8 Å². The van der Waals surface area contributed by atoms with Gasteiger partial charge in [0.2, 0.25) is 5.88 Å². The van der Waals surface area contributed by atoms with Crippen LogP contribution in [0.1, 0.15) is 74.8 Å². The summed E-state index contributed by atoms with van der Waals surface area (Å²) in [6, 6.07) is 12.8. The predicted molar refractivity (Wildman–Crippen MR) is 154 cm³/mol. The number of carbonyl (C=O) groups is 1. The molecular weight excluding hydrogens is 504 g/mol. The summed E-state index contributed by atoms with van der Waals surface area (Å²) in [7, 11) is 0. The van der Waals surface area contributed by atoms with Gasteiger partial charge in [0.05, 0.1) is 12.2 Å². The third-order valence-electron chi connectivity index (χ3n) is 7.50. The molecule has 2 aliphatic rings. The average Bonchev–Trinajstić information content (AvgIpc) is 2.91. The van der Waals surface area contributed by atoms with E-state index in [2.05, 4.69) is 53.5 Å². The molecule has 9 nitrogen and oxygen atoms in total. The molecule has 1 aliphatic heterocycles. The van der Waals surface area contributed by atoms with Crippen molar-refractivity contribution in [3.8, 4) is 11.9 Å². The van der Waals surface area contributed by atoms with E-state index in [1.165, 1.54) is 31.2 Å². The van der Waals surface area contributed by atoms with Crippen molar-refractivity contribution in [2.24, 2.45) is 5.92 Å². The number of benzene rings is 1. The quantitative estimate of drug-likeness (QED) is 0.349. The molecule has 1 aliphatic carbocycles. The molecule has 212 valence electrons.